The van der Waals surface area contributed by atoms with Crippen molar-refractivity contribution in [2.45, 2.75) is 43.7 Å². The zero-order valence-electron chi connectivity index (χ0n) is 16.8. The highest BCUT2D eigenvalue weighted by atomic mass is 79.9. The van der Waals surface area contributed by atoms with Crippen molar-refractivity contribution in [3.8, 4) is 0 Å². The minimum atomic E-state index is -1.11. The molecule has 4 rings (SSSR count). The molecule has 1 aromatic carbocycles. The molecule has 2 saturated heterocycles. The Morgan fingerprint density at radius 3 is 2.71 bits per heavy atom. The molecular weight excluding hydrogens is 466 g/mol. The number of aliphatic hydroxyl groups is 1. The first kappa shape index (κ1) is 22.0. The van der Waals surface area contributed by atoms with Crippen LogP contribution < -0.4 is 11.5 Å². The maximum Gasteiger partial charge on any atom is 0.184 e. The fraction of sp³-hybridized carbons (Fsp3) is 0.381. The molecule has 1 aromatic heterocycles. The van der Waals surface area contributed by atoms with Gasteiger partial charge in [-0.2, -0.15) is 0 Å². The van der Waals surface area contributed by atoms with Gasteiger partial charge in [0.2, 0.25) is 0 Å². The normalized spacial score (nSPS) is 31.9. The molecule has 2 aromatic rings. The number of aromatic nitrogens is 1. The summed E-state index contributed by atoms with van der Waals surface area (Å²) in [6, 6.07) is 10.6. The van der Waals surface area contributed by atoms with Crippen LogP contribution in [0.15, 0.2) is 63.2 Å². The smallest absolute Gasteiger partial charge is 0.184 e. The van der Waals surface area contributed by atoms with Gasteiger partial charge in [0, 0.05) is 16.2 Å². The second kappa shape index (κ2) is 9.51. The number of benzene rings is 1. The summed E-state index contributed by atoms with van der Waals surface area (Å²) in [5, 5.41) is 11.0. The molecule has 0 aliphatic carbocycles. The molecule has 2 aliphatic heterocycles. The van der Waals surface area contributed by atoms with Gasteiger partial charge in [0.25, 0.3) is 0 Å². The van der Waals surface area contributed by atoms with Gasteiger partial charge in [-0.3, -0.25) is 4.98 Å². The highest BCUT2D eigenvalue weighted by Crippen LogP contribution is 2.34. The Morgan fingerprint density at radius 1 is 1.23 bits per heavy atom. The van der Waals surface area contributed by atoms with E-state index in [-0.39, 0.29) is 18.3 Å². The largest absolute Gasteiger partial charge is 0.388 e. The fourth-order valence-electron chi connectivity index (χ4n) is 3.59. The number of nitrogens with zero attached hydrogens (tertiary/aromatic N) is 3. The highest BCUT2D eigenvalue weighted by molar-refractivity contribution is 9.10. The predicted molar refractivity (Wildman–Crippen MR) is 119 cm³/mol. The molecular formula is C21H24BrN5O4. The number of rotatable bonds is 3. The van der Waals surface area contributed by atoms with Gasteiger partial charge in [-0.25, -0.2) is 9.98 Å². The van der Waals surface area contributed by atoms with Crippen molar-refractivity contribution in [2.24, 2.45) is 21.5 Å². The maximum absolute atomic E-state index is 11.0. The molecule has 164 valence electrons. The molecule has 2 aliphatic rings. The predicted octanol–water partition coefficient (Wildman–Crippen LogP) is 1.82. The van der Waals surface area contributed by atoms with Gasteiger partial charge in [-0.05, 0) is 28.9 Å². The number of fused-ring (bicyclic) bond motifs is 1. The highest BCUT2D eigenvalue weighted by Gasteiger charge is 2.49. The summed E-state index contributed by atoms with van der Waals surface area (Å²) in [4.78, 5) is 12.9. The van der Waals surface area contributed by atoms with E-state index in [1.165, 1.54) is 0 Å². The third-order valence-electron chi connectivity index (χ3n) is 5.02. The Hall–Kier alpha value is -2.21. The molecule has 3 heterocycles. The van der Waals surface area contributed by atoms with E-state index in [0.29, 0.717) is 5.69 Å². The number of pyridine rings is 1. The van der Waals surface area contributed by atoms with Crippen LogP contribution in [0.1, 0.15) is 18.8 Å². The van der Waals surface area contributed by atoms with E-state index in [1.807, 2.05) is 30.3 Å². The van der Waals surface area contributed by atoms with E-state index in [4.69, 9.17) is 25.7 Å². The lowest BCUT2D eigenvalue weighted by Crippen LogP contribution is -2.66. The van der Waals surface area contributed by atoms with Crippen LogP contribution in [0, 0.1) is 0 Å². The van der Waals surface area contributed by atoms with Gasteiger partial charge >= 0.3 is 0 Å². The van der Waals surface area contributed by atoms with Crippen LogP contribution in [0.3, 0.4) is 0 Å². The fourth-order valence-corrected chi connectivity index (χ4v) is 3.95. The third-order valence-corrected chi connectivity index (χ3v) is 5.45. The van der Waals surface area contributed by atoms with Crippen LogP contribution in [0.5, 0.6) is 0 Å². The molecule has 5 N–H and O–H groups in total. The standard InChI is InChI=1S/C21H24BrN5O4/c1-11(23)26-20(27-14-7-13(22)8-25-9-14)19-17(28)16(24)18-15(30-19)10-29-21(31-18)12-5-3-2-4-6-12/h2-9,15-19,21,28H,10,24H2,1H3,(H2,23,26,27). The zero-order valence-corrected chi connectivity index (χ0v) is 18.4. The number of hydrogen-bond donors (Lipinski definition) is 3. The molecule has 0 bridgehead atoms. The number of halogens is 1. The van der Waals surface area contributed by atoms with Gasteiger partial charge in [-0.1, -0.05) is 30.3 Å². The van der Waals surface area contributed by atoms with Crippen LogP contribution in [-0.2, 0) is 14.2 Å². The molecule has 9 nitrogen and oxygen atoms in total. The monoisotopic (exact) mass is 489 g/mol. The number of ether oxygens (including phenoxy) is 3. The van der Waals surface area contributed by atoms with Crippen LogP contribution in [0.25, 0.3) is 0 Å². The van der Waals surface area contributed by atoms with Crippen LogP contribution >= 0.6 is 15.9 Å². The minimum absolute atomic E-state index is 0.200. The lowest BCUT2D eigenvalue weighted by atomic mass is 9.92. The molecule has 0 spiro atoms. The first-order chi connectivity index (χ1) is 14.9. The minimum Gasteiger partial charge on any atom is -0.388 e. The molecule has 0 saturated carbocycles. The van der Waals surface area contributed by atoms with Crippen molar-refractivity contribution in [3.63, 3.8) is 0 Å². The Morgan fingerprint density at radius 2 is 2.00 bits per heavy atom. The van der Waals surface area contributed by atoms with E-state index >= 15 is 0 Å². The van der Waals surface area contributed by atoms with Crippen LogP contribution in [0.2, 0.25) is 0 Å². The molecule has 10 heteroatoms. The third kappa shape index (κ3) is 5.00. The zero-order chi connectivity index (χ0) is 22.0. The average Bonchev–Trinajstić information content (AvgIpc) is 2.76. The van der Waals surface area contributed by atoms with E-state index in [1.54, 1.807) is 25.4 Å². The van der Waals surface area contributed by atoms with Crippen LogP contribution in [-0.4, -0.2) is 58.8 Å². The van der Waals surface area contributed by atoms with Gasteiger partial charge in [0.15, 0.2) is 12.1 Å². The van der Waals surface area contributed by atoms with E-state index < -0.39 is 36.7 Å². The number of aliphatic imine (C=N–C) groups is 2. The Balaban J connectivity index is 1.58. The second-order valence-electron chi connectivity index (χ2n) is 7.42. The van der Waals surface area contributed by atoms with Crippen molar-refractivity contribution in [3.05, 3.63) is 58.8 Å². The summed E-state index contributed by atoms with van der Waals surface area (Å²) < 4.78 is 18.8. The summed E-state index contributed by atoms with van der Waals surface area (Å²) in [5.41, 5.74) is 13.6. The maximum atomic E-state index is 11.0. The quantitative estimate of drug-likeness (QED) is 0.441. The van der Waals surface area contributed by atoms with E-state index in [9.17, 15) is 5.11 Å². The molecule has 2 fully saturated rings. The number of hydrogen-bond acceptors (Lipinski definition) is 7. The lowest BCUT2D eigenvalue weighted by molar-refractivity contribution is -0.299. The van der Waals surface area contributed by atoms with E-state index in [2.05, 4.69) is 30.9 Å². The average molecular weight is 490 g/mol. The Kier molecular flexibility index (Phi) is 6.75. The first-order valence-electron chi connectivity index (χ1n) is 9.83. The molecule has 0 amide bonds. The van der Waals surface area contributed by atoms with Crippen molar-refractivity contribution < 1.29 is 19.3 Å². The molecule has 6 unspecified atom stereocenters. The Labute approximate surface area is 188 Å². The van der Waals surface area contributed by atoms with Crippen molar-refractivity contribution in [1.29, 1.82) is 0 Å². The number of aliphatic hydroxyl groups excluding tert-OH is 1. The number of nitrogens with two attached hydrogens (primary N) is 2. The van der Waals surface area contributed by atoms with Gasteiger partial charge in [0.1, 0.15) is 24.4 Å². The lowest BCUT2D eigenvalue weighted by Gasteiger charge is -2.47. The van der Waals surface area contributed by atoms with E-state index in [0.717, 1.165) is 10.0 Å². The van der Waals surface area contributed by atoms with Crippen molar-refractivity contribution >= 4 is 33.3 Å². The molecule has 6 atom stereocenters. The van der Waals surface area contributed by atoms with Gasteiger partial charge in [-0.15, -0.1) is 0 Å². The Bertz CT molecular complexity index is 967. The first-order valence-corrected chi connectivity index (χ1v) is 10.6. The molecule has 31 heavy (non-hydrogen) atoms. The topological polar surface area (TPSA) is 138 Å². The summed E-state index contributed by atoms with van der Waals surface area (Å²) in [6.07, 6.45) is -0.438. The second-order valence-corrected chi connectivity index (χ2v) is 8.34. The summed E-state index contributed by atoms with van der Waals surface area (Å²) in [5.74, 6) is 0.472. The SMILES string of the molecule is CC(N)=NC(=Nc1cncc(Br)c1)C1OC2COC(c3ccccc3)OC2C(N)C1O. The van der Waals surface area contributed by atoms with Gasteiger partial charge in [0.05, 0.1) is 30.4 Å². The molecule has 0 radical (unpaired) electrons. The van der Waals surface area contributed by atoms with Crippen LogP contribution in [0.4, 0.5) is 5.69 Å². The summed E-state index contributed by atoms with van der Waals surface area (Å²) >= 11 is 3.36. The van der Waals surface area contributed by atoms with Crippen molar-refractivity contribution in [2.75, 3.05) is 6.61 Å². The van der Waals surface area contributed by atoms with Gasteiger partial charge < -0.3 is 30.8 Å². The van der Waals surface area contributed by atoms with Crippen molar-refractivity contribution in [1.82, 2.24) is 4.98 Å². The summed E-state index contributed by atoms with van der Waals surface area (Å²) in [6.45, 7) is 1.88. The summed E-state index contributed by atoms with van der Waals surface area (Å²) in [7, 11) is 0. The number of amidine groups is 2.